The summed E-state index contributed by atoms with van der Waals surface area (Å²) < 4.78 is 23.0. The van der Waals surface area contributed by atoms with Gasteiger partial charge in [-0.1, -0.05) is 41.4 Å². The van der Waals surface area contributed by atoms with E-state index in [-0.39, 0.29) is 15.1 Å². The van der Waals surface area contributed by atoms with E-state index in [1.54, 1.807) is 24.3 Å². The highest BCUT2D eigenvalue weighted by Crippen LogP contribution is 2.33. The molecule has 0 bridgehead atoms. The van der Waals surface area contributed by atoms with Crippen molar-refractivity contribution in [3.63, 3.8) is 0 Å². The minimum Gasteiger partial charge on any atom is -0.235 e. The van der Waals surface area contributed by atoms with Gasteiger partial charge in [0.05, 0.1) is 10.5 Å². The Morgan fingerprint density at radius 3 is 2.44 bits per heavy atom. The number of para-hydroxylation sites is 1. The zero-order valence-electron chi connectivity index (χ0n) is 8.24. The van der Waals surface area contributed by atoms with Crippen LogP contribution in [0.2, 0.25) is 10.2 Å². The van der Waals surface area contributed by atoms with E-state index in [1.807, 2.05) is 0 Å². The van der Waals surface area contributed by atoms with Crippen LogP contribution in [0, 0.1) is 0 Å². The van der Waals surface area contributed by atoms with Gasteiger partial charge >= 0.3 is 0 Å². The van der Waals surface area contributed by atoms with Crippen molar-refractivity contribution in [3.05, 3.63) is 34.4 Å². The maximum atomic E-state index is 11.5. The molecule has 2 aromatic rings. The molecule has 0 aliphatic carbocycles. The maximum absolute atomic E-state index is 11.5. The smallest absolute Gasteiger partial charge is 0.180 e. The molecule has 0 aliphatic heterocycles. The number of benzene rings is 1. The quantitative estimate of drug-likeness (QED) is 0.752. The van der Waals surface area contributed by atoms with Crippen molar-refractivity contribution in [2.75, 3.05) is 6.26 Å². The number of rotatable bonds is 1. The molecular formula is C10H7Cl2NO2S. The van der Waals surface area contributed by atoms with Gasteiger partial charge in [0.2, 0.25) is 0 Å². The molecule has 6 heteroatoms. The molecule has 1 aromatic heterocycles. The van der Waals surface area contributed by atoms with Crippen LogP contribution in [0.3, 0.4) is 0 Å². The van der Waals surface area contributed by atoms with E-state index in [9.17, 15) is 8.42 Å². The molecule has 0 amide bonds. The second-order valence-electron chi connectivity index (χ2n) is 3.34. The van der Waals surface area contributed by atoms with E-state index >= 15 is 0 Å². The normalized spacial score (nSPS) is 11.9. The van der Waals surface area contributed by atoms with E-state index in [1.165, 1.54) is 0 Å². The van der Waals surface area contributed by atoms with Crippen LogP contribution in [0.15, 0.2) is 29.2 Å². The first-order valence-corrected chi connectivity index (χ1v) is 7.00. The molecule has 0 atom stereocenters. The van der Waals surface area contributed by atoms with Crippen molar-refractivity contribution in [2.45, 2.75) is 4.90 Å². The fourth-order valence-electron chi connectivity index (χ4n) is 1.44. The first-order chi connectivity index (χ1) is 7.41. The van der Waals surface area contributed by atoms with Gasteiger partial charge in [0, 0.05) is 11.6 Å². The topological polar surface area (TPSA) is 47.0 Å². The first kappa shape index (κ1) is 11.6. The van der Waals surface area contributed by atoms with Crippen molar-refractivity contribution >= 4 is 43.9 Å². The van der Waals surface area contributed by atoms with Crippen molar-refractivity contribution in [2.24, 2.45) is 0 Å². The van der Waals surface area contributed by atoms with Gasteiger partial charge in [-0.15, -0.1) is 0 Å². The summed E-state index contributed by atoms with van der Waals surface area (Å²) in [4.78, 5) is 3.89. The lowest BCUT2D eigenvalue weighted by Crippen LogP contribution is -2.01. The fraction of sp³-hybridized carbons (Fsp3) is 0.100. The predicted octanol–water partition coefficient (Wildman–Crippen LogP) is 2.95. The number of hydrogen-bond acceptors (Lipinski definition) is 3. The molecule has 0 saturated carbocycles. The Morgan fingerprint density at radius 1 is 1.19 bits per heavy atom. The minimum absolute atomic E-state index is 0.0915. The molecule has 1 heterocycles. The van der Waals surface area contributed by atoms with Crippen molar-refractivity contribution in [1.82, 2.24) is 4.98 Å². The largest absolute Gasteiger partial charge is 0.235 e. The molecule has 2 rings (SSSR count). The number of aromatic nitrogens is 1. The molecule has 84 valence electrons. The average Bonchev–Trinajstić information content (AvgIpc) is 2.15. The lowest BCUT2D eigenvalue weighted by molar-refractivity contribution is 0.602. The Bertz CT molecular complexity index is 668. The molecule has 0 spiro atoms. The highest BCUT2D eigenvalue weighted by atomic mass is 35.5. The summed E-state index contributed by atoms with van der Waals surface area (Å²) in [5, 5.41) is 0.610. The second kappa shape index (κ2) is 3.87. The molecular weight excluding hydrogens is 269 g/mol. The van der Waals surface area contributed by atoms with Crippen molar-refractivity contribution in [1.29, 1.82) is 0 Å². The van der Waals surface area contributed by atoms with Crippen LogP contribution in [0.1, 0.15) is 0 Å². The molecule has 0 fully saturated rings. The molecule has 0 aliphatic rings. The summed E-state index contributed by atoms with van der Waals surface area (Å²) in [5.41, 5.74) is 0.574. The summed E-state index contributed by atoms with van der Waals surface area (Å²) in [7, 11) is -3.48. The molecule has 0 unspecified atom stereocenters. The lowest BCUT2D eigenvalue weighted by atomic mass is 10.2. The van der Waals surface area contributed by atoms with Crippen LogP contribution in [0.4, 0.5) is 0 Å². The van der Waals surface area contributed by atoms with Gasteiger partial charge in [-0.2, -0.15) is 0 Å². The molecule has 1 aromatic carbocycles. The molecule has 16 heavy (non-hydrogen) atoms. The van der Waals surface area contributed by atoms with Crippen LogP contribution >= 0.6 is 23.2 Å². The molecule has 0 saturated heterocycles. The summed E-state index contributed by atoms with van der Waals surface area (Å²) in [6.07, 6.45) is 1.05. The third-order valence-corrected chi connectivity index (χ3v) is 4.15. The van der Waals surface area contributed by atoms with Gasteiger partial charge in [0.15, 0.2) is 9.84 Å². The predicted molar refractivity (Wildman–Crippen MR) is 64.9 cm³/mol. The Kier molecular flexibility index (Phi) is 2.82. The Labute approximate surface area is 103 Å². The van der Waals surface area contributed by atoms with Crippen molar-refractivity contribution < 1.29 is 8.42 Å². The first-order valence-electron chi connectivity index (χ1n) is 4.35. The molecule has 0 radical (unpaired) electrons. The average molecular weight is 276 g/mol. The monoisotopic (exact) mass is 275 g/mol. The van der Waals surface area contributed by atoms with Gasteiger partial charge in [-0.25, -0.2) is 13.4 Å². The maximum Gasteiger partial charge on any atom is 0.180 e. The van der Waals surface area contributed by atoms with E-state index in [0.717, 1.165) is 6.26 Å². The van der Waals surface area contributed by atoms with Gasteiger partial charge in [-0.05, 0) is 6.07 Å². The number of fused-ring (bicyclic) bond motifs is 1. The Morgan fingerprint density at radius 2 is 1.81 bits per heavy atom. The van der Waals surface area contributed by atoms with Gasteiger partial charge in [-0.3, -0.25) is 0 Å². The highest BCUT2D eigenvalue weighted by Gasteiger charge is 2.20. The van der Waals surface area contributed by atoms with Crippen LogP contribution in [0.5, 0.6) is 0 Å². The van der Waals surface area contributed by atoms with Crippen LogP contribution < -0.4 is 0 Å². The fourth-order valence-corrected chi connectivity index (χ4v) is 3.55. The summed E-state index contributed by atoms with van der Waals surface area (Å²) >= 11 is 11.8. The minimum atomic E-state index is -3.48. The highest BCUT2D eigenvalue weighted by molar-refractivity contribution is 7.91. The van der Waals surface area contributed by atoms with E-state index < -0.39 is 9.84 Å². The van der Waals surface area contributed by atoms with Crippen molar-refractivity contribution in [3.8, 4) is 0 Å². The van der Waals surface area contributed by atoms with E-state index in [2.05, 4.69) is 4.98 Å². The van der Waals surface area contributed by atoms with E-state index in [0.29, 0.717) is 10.9 Å². The molecule has 0 N–H and O–H groups in total. The Hall–Kier alpha value is -0.840. The third-order valence-electron chi connectivity index (χ3n) is 2.12. The van der Waals surface area contributed by atoms with Crippen LogP contribution in [-0.2, 0) is 9.84 Å². The standard InChI is InChI=1S/C10H7Cl2NO2S/c1-16(14,15)9-8(11)6-4-2-3-5-7(6)13-10(9)12/h2-5H,1H3. The summed E-state index contributed by atoms with van der Waals surface area (Å²) in [5.74, 6) is 0. The number of pyridine rings is 1. The summed E-state index contributed by atoms with van der Waals surface area (Å²) in [6.45, 7) is 0. The molecule has 3 nitrogen and oxygen atoms in total. The van der Waals surface area contributed by atoms with Gasteiger partial charge in [0.25, 0.3) is 0 Å². The number of nitrogens with zero attached hydrogens (tertiary/aromatic N) is 1. The summed E-state index contributed by atoms with van der Waals surface area (Å²) in [6, 6.07) is 6.97. The van der Waals surface area contributed by atoms with Gasteiger partial charge < -0.3 is 0 Å². The van der Waals surface area contributed by atoms with Gasteiger partial charge in [0.1, 0.15) is 10.0 Å². The third kappa shape index (κ3) is 1.88. The second-order valence-corrected chi connectivity index (χ2v) is 6.02. The number of halogens is 2. The number of sulfone groups is 1. The SMILES string of the molecule is CS(=O)(=O)c1c(Cl)nc2ccccc2c1Cl. The van der Waals surface area contributed by atoms with E-state index in [4.69, 9.17) is 23.2 Å². The Balaban J connectivity index is 2.98. The lowest BCUT2D eigenvalue weighted by Gasteiger charge is -2.07. The zero-order chi connectivity index (χ0) is 11.9. The van der Waals surface area contributed by atoms with Crippen LogP contribution in [0.25, 0.3) is 10.9 Å². The number of hydrogen-bond donors (Lipinski definition) is 0. The van der Waals surface area contributed by atoms with Crippen LogP contribution in [-0.4, -0.2) is 19.7 Å². The zero-order valence-corrected chi connectivity index (χ0v) is 10.6.